The quantitative estimate of drug-likeness (QED) is 0.0231. The van der Waals surface area contributed by atoms with E-state index in [-0.39, 0.29) is 92.8 Å². The van der Waals surface area contributed by atoms with Crippen molar-refractivity contribution in [3.8, 4) is 23.0 Å². The van der Waals surface area contributed by atoms with E-state index in [1.54, 1.807) is 104 Å². The van der Waals surface area contributed by atoms with Crippen LogP contribution in [-0.2, 0) is 33.1 Å². The molecule has 392 valence electrons. The van der Waals surface area contributed by atoms with E-state index in [9.17, 15) is 46.1 Å². The second kappa shape index (κ2) is 26.3. The Kier molecular flexibility index (Phi) is 20.4. The third kappa shape index (κ3) is 14.2. The Hall–Kier alpha value is -6.41. The number of rotatable bonds is 16. The predicted molar refractivity (Wildman–Crippen MR) is 294 cm³/mol. The molecule has 0 aliphatic carbocycles. The van der Waals surface area contributed by atoms with Gasteiger partial charge in [-0.1, -0.05) is 116 Å². The normalized spacial score (nSPS) is 11.9. The molecule has 0 fully saturated rings. The summed E-state index contributed by atoms with van der Waals surface area (Å²) in [4.78, 5) is 16.2. The molecule has 0 heterocycles. The van der Waals surface area contributed by atoms with Crippen molar-refractivity contribution in [3.05, 3.63) is 166 Å². The van der Waals surface area contributed by atoms with Gasteiger partial charge in [0.25, 0.3) is 26.1 Å². The smallest absolute Gasteiger partial charge is 0.871 e. The Balaban J connectivity index is 0.000000246. The number of anilines is 1. The maximum absolute atomic E-state index is 13.4. The summed E-state index contributed by atoms with van der Waals surface area (Å²) in [5, 5.41) is 58.5. The summed E-state index contributed by atoms with van der Waals surface area (Å²) in [6.07, 6.45) is 0.860. The number of carbonyl (C=O) groups is 1. The molecule has 4 N–H and O–H groups in total. The Bertz CT molecular complexity index is 3860. The molecule has 0 spiro atoms. The van der Waals surface area contributed by atoms with Crippen LogP contribution in [0, 0.1) is 0 Å². The van der Waals surface area contributed by atoms with Gasteiger partial charge in [-0.05, 0) is 109 Å². The molecule has 0 bridgehead atoms. The van der Waals surface area contributed by atoms with Crippen molar-refractivity contribution >= 4 is 160 Å². The first kappa shape index (κ1) is 59.8. The third-order valence-corrected chi connectivity index (χ3v) is 14.1. The van der Waals surface area contributed by atoms with Gasteiger partial charge in [-0.3, -0.25) is 18.9 Å². The molecule has 0 aliphatic heterocycles. The average molecular weight is 1240 g/mol. The minimum absolute atomic E-state index is 0. The molecule has 0 aromatic heterocycles. The Morgan fingerprint density at radius 1 is 0.597 bits per heavy atom. The fraction of sp³-hybridized carbons (Fsp3) is 0.148. The molecule has 0 atom stereocenters. The van der Waals surface area contributed by atoms with Gasteiger partial charge in [-0.25, -0.2) is 0 Å². The van der Waals surface area contributed by atoms with Gasteiger partial charge in [0.1, 0.15) is 38.4 Å². The van der Waals surface area contributed by atoms with E-state index >= 15 is 0 Å². The molecule has 77 heavy (non-hydrogen) atoms. The Morgan fingerprint density at radius 3 is 1.58 bits per heavy atom. The Labute approximate surface area is 493 Å². The van der Waals surface area contributed by atoms with Crippen LogP contribution in [0.2, 0.25) is 10.0 Å². The van der Waals surface area contributed by atoms with Crippen LogP contribution in [0.1, 0.15) is 54.7 Å². The SMILES string of the molecule is CCOc1cccc(N=C([O-])c2cc3ccccc3c(N=Nc3c(CC)ccc(S(=O)(=O)O)c3Cl)c2[O-])c1.CCOc1cccc(NC(=O)c2cc3ccccc3c(N=Nc3c(CC)ccc(S(=O)(=O)O)c3Cl)c2O)c1.[Ba+2]. The fourth-order valence-electron chi connectivity index (χ4n) is 7.73. The number of aryl methyl sites for hydroxylation is 2. The summed E-state index contributed by atoms with van der Waals surface area (Å²) < 4.78 is 76.9. The van der Waals surface area contributed by atoms with E-state index in [0.717, 1.165) is 0 Å². The number of fused-ring (bicyclic) bond motifs is 2. The second-order valence-corrected chi connectivity index (χ2v) is 19.8. The fourth-order valence-corrected chi connectivity index (χ4v) is 9.89. The van der Waals surface area contributed by atoms with E-state index in [4.69, 9.17) is 32.7 Å². The molecular weight excluding hydrogens is 1200 g/mol. The summed E-state index contributed by atoms with van der Waals surface area (Å²) in [7, 11) is -9.23. The number of nitrogens with zero attached hydrogens (tertiary/aromatic N) is 5. The van der Waals surface area contributed by atoms with E-state index in [2.05, 4.69) is 30.8 Å². The molecule has 0 radical (unpaired) electrons. The van der Waals surface area contributed by atoms with Crippen LogP contribution in [-0.4, -0.2) is 105 Å². The first-order valence-corrected chi connectivity index (χ1v) is 26.8. The topological polar surface area (TPSA) is 284 Å². The number of benzene rings is 8. The zero-order valence-corrected chi connectivity index (χ0v) is 49.1. The molecule has 18 nitrogen and oxygen atoms in total. The van der Waals surface area contributed by atoms with Crippen molar-refractivity contribution < 1.29 is 55.5 Å². The van der Waals surface area contributed by atoms with Gasteiger partial charge in [-0.2, -0.15) is 21.9 Å². The van der Waals surface area contributed by atoms with E-state index in [1.807, 2.05) is 20.8 Å². The van der Waals surface area contributed by atoms with Crippen LogP contribution in [0.5, 0.6) is 23.0 Å². The zero-order valence-electron chi connectivity index (χ0n) is 41.6. The number of nitrogens with one attached hydrogen (secondary N) is 1. The summed E-state index contributed by atoms with van der Waals surface area (Å²) >= 11 is 12.5. The van der Waals surface area contributed by atoms with Gasteiger partial charge in [0.15, 0.2) is 5.75 Å². The van der Waals surface area contributed by atoms with Crippen LogP contribution < -0.4 is 25.0 Å². The first-order chi connectivity index (χ1) is 36.3. The zero-order chi connectivity index (χ0) is 54.9. The molecule has 0 saturated heterocycles. The molecule has 0 saturated carbocycles. The summed E-state index contributed by atoms with van der Waals surface area (Å²) in [5.41, 5.74) is 1.50. The molecule has 8 aromatic rings. The second-order valence-electron chi connectivity index (χ2n) is 16.3. The largest absolute Gasteiger partial charge is 2.00 e. The van der Waals surface area contributed by atoms with E-state index < -0.39 is 53.3 Å². The number of hydrogen-bond donors (Lipinski definition) is 4. The Morgan fingerprint density at radius 2 is 1.06 bits per heavy atom. The maximum atomic E-state index is 13.4. The molecule has 8 rings (SSSR count). The molecule has 8 aromatic carbocycles. The number of aromatic hydroxyl groups is 1. The van der Waals surface area contributed by atoms with Gasteiger partial charge in [-0.15, -0.1) is 15.3 Å². The number of hydrogen-bond acceptors (Lipinski definition) is 15. The summed E-state index contributed by atoms with van der Waals surface area (Å²) in [5.74, 6) is -1.37. The third-order valence-electron chi connectivity index (χ3n) is 11.4. The monoisotopic (exact) mass is 1240 g/mol. The van der Waals surface area contributed by atoms with Gasteiger partial charge in [0.2, 0.25) is 0 Å². The van der Waals surface area contributed by atoms with Gasteiger partial charge >= 0.3 is 48.9 Å². The number of amides is 1. The molecular formula is C54H46BaCl2N6O12S2. The summed E-state index contributed by atoms with van der Waals surface area (Å²) in [6.45, 7) is 8.21. The van der Waals surface area contributed by atoms with Gasteiger partial charge < -0.3 is 30.1 Å². The predicted octanol–water partition coefficient (Wildman–Crippen LogP) is 12.3. The average Bonchev–Trinajstić information content (AvgIpc) is 3.38. The van der Waals surface area contributed by atoms with Gasteiger partial charge in [0, 0.05) is 28.6 Å². The minimum Gasteiger partial charge on any atom is -0.871 e. The molecule has 0 unspecified atom stereocenters. The number of azo groups is 2. The van der Waals surface area contributed by atoms with Crippen molar-refractivity contribution in [1.29, 1.82) is 0 Å². The van der Waals surface area contributed by atoms with E-state index in [1.165, 1.54) is 36.4 Å². The van der Waals surface area contributed by atoms with Crippen molar-refractivity contribution in [2.24, 2.45) is 25.4 Å². The maximum Gasteiger partial charge on any atom is 2.00 e. The van der Waals surface area contributed by atoms with Crippen LogP contribution in [0.15, 0.2) is 169 Å². The van der Waals surface area contributed by atoms with Crippen LogP contribution >= 0.6 is 23.2 Å². The van der Waals surface area contributed by atoms with Crippen molar-refractivity contribution in [1.82, 2.24) is 0 Å². The number of halogens is 2. The summed E-state index contributed by atoms with van der Waals surface area (Å²) in [6, 6.07) is 35.5. The van der Waals surface area contributed by atoms with Crippen molar-refractivity contribution in [2.75, 3.05) is 18.5 Å². The molecule has 23 heteroatoms. The van der Waals surface area contributed by atoms with Crippen LogP contribution in [0.3, 0.4) is 0 Å². The molecule has 1 amide bonds. The standard InChI is InChI=1S/2C27H24ClN3O6S.Ba/c2*1-3-16-12-13-22(38(34,35)36)23(28)24(16)30-31-25-20-11-6-5-8-17(20)14-21(26(25)32)27(33)29-18-9-7-10-19(15-18)37-4-2;/h2*5-15,32H,3-4H2,1-2H3,(H,29,33)(H,34,35,36);/q;;+2/p-2. The van der Waals surface area contributed by atoms with Crippen molar-refractivity contribution in [2.45, 2.75) is 50.3 Å². The van der Waals surface area contributed by atoms with Gasteiger partial charge in [0.05, 0.1) is 40.2 Å². The minimum atomic E-state index is -4.62. The van der Waals surface area contributed by atoms with E-state index in [0.29, 0.717) is 81.6 Å². The number of phenols is 1. The number of carbonyl (C=O) groups excluding carboxylic acids is 1. The van der Waals surface area contributed by atoms with Crippen molar-refractivity contribution in [3.63, 3.8) is 0 Å². The number of aliphatic imine (C=N–C) groups is 1. The number of ether oxygens (including phenoxy) is 2. The first-order valence-electron chi connectivity index (χ1n) is 23.2. The molecule has 0 aliphatic rings. The number of phenolic OH excluding ortho intramolecular Hbond substituents is 1. The van der Waals surface area contributed by atoms with Crippen LogP contribution in [0.25, 0.3) is 21.5 Å². The van der Waals surface area contributed by atoms with Crippen LogP contribution in [0.4, 0.5) is 34.1 Å².